The molecule has 0 saturated carbocycles. The number of amides is 2. The Kier molecular flexibility index (Phi) is 6.52. The summed E-state index contributed by atoms with van der Waals surface area (Å²) in [4.78, 5) is 23.5. The molecule has 0 aliphatic rings. The normalized spacial score (nSPS) is 11.4. The van der Waals surface area contributed by atoms with Crippen LogP contribution in [0.15, 0.2) is 72.8 Å². The van der Waals surface area contributed by atoms with Crippen LogP contribution in [0.4, 0.5) is 11.4 Å². The third-order valence-corrected chi connectivity index (χ3v) is 4.48. The summed E-state index contributed by atoms with van der Waals surface area (Å²) >= 11 is 6.36. The Labute approximate surface area is 174 Å². The zero-order valence-electron chi connectivity index (χ0n) is 16.1. The largest absolute Gasteiger partial charge is 0.479 e. The molecule has 0 aromatic heterocycles. The summed E-state index contributed by atoms with van der Waals surface area (Å²) in [5, 5.41) is 5.89. The SMILES string of the molecule is CC(=O)Nc1ccc(NC(=O)[C@H](C)Oc2ccc(-c3ccccc3)cc2Cl)cc1. The van der Waals surface area contributed by atoms with E-state index in [1.165, 1.54) is 6.92 Å². The fourth-order valence-electron chi connectivity index (χ4n) is 2.73. The maximum atomic E-state index is 12.4. The molecule has 3 aromatic carbocycles. The predicted molar refractivity (Wildman–Crippen MR) is 116 cm³/mol. The number of benzene rings is 3. The van der Waals surface area contributed by atoms with Crippen LogP contribution < -0.4 is 15.4 Å². The van der Waals surface area contributed by atoms with Crippen molar-refractivity contribution in [3.63, 3.8) is 0 Å². The van der Waals surface area contributed by atoms with Gasteiger partial charge in [0.1, 0.15) is 5.75 Å². The van der Waals surface area contributed by atoms with Crippen molar-refractivity contribution in [2.45, 2.75) is 20.0 Å². The van der Waals surface area contributed by atoms with Crippen molar-refractivity contribution in [2.75, 3.05) is 10.6 Å². The molecular formula is C23H21ClN2O3. The second-order valence-corrected chi connectivity index (χ2v) is 6.93. The first-order chi connectivity index (χ1) is 13.9. The lowest BCUT2D eigenvalue weighted by Gasteiger charge is -2.16. The molecule has 3 aromatic rings. The number of carbonyl (C=O) groups is 2. The van der Waals surface area contributed by atoms with Gasteiger partial charge in [-0.15, -0.1) is 0 Å². The topological polar surface area (TPSA) is 67.4 Å². The summed E-state index contributed by atoms with van der Waals surface area (Å²) in [6, 6.07) is 22.2. The fourth-order valence-corrected chi connectivity index (χ4v) is 2.96. The zero-order chi connectivity index (χ0) is 20.8. The highest BCUT2D eigenvalue weighted by Crippen LogP contribution is 2.31. The number of nitrogens with one attached hydrogen (secondary N) is 2. The first-order valence-corrected chi connectivity index (χ1v) is 9.50. The highest BCUT2D eigenvalue weighted by molar-refractivity contribution is 6.32. The van der Waals surface area contributed by atoms with Gasteiger partial charge in [-0.3, -0.25) is 9.59 Å². The van der Waals surface area contributed by atoms with Gasteiger partial charge in [-0.1, -0.05) is 48.0 Å². The van der Waals surface area contributed by atoms with Gasteiger partial charge in [0.15, 0.2) is 6.10 Å². The van der Waals surface area contributed by atoms with Crippen molar-refractivity contribution in [3.8, 4) is 16.9 Å². The summed E-state index contributed by atoms with van der Waals surface area (Å²) in [7, 11) is 0. The Hall–Kier alpha value is -3.31. The standard InChI is InChI=1S/C23H21ClN2O3/c1-15(23(28)26-20-11-9-19(10-12-20)25-16(2)27)29-22-13-8-18(14-21(22)24)17-6-4-3-5-7-17/h3-15H,1-2H3,(H,25,27)(H,26,28)/t15-/m0/s1. The van der Waals surface area contributed by atoms with Gasteiger partial charge < -0.3 is 15.4 Å². The summed E-state index contributed by atoms with van der Waals surface area (Å²) in [5.74, 6) is -0.0190. The van der Waals surface area contributed by atoms with Crippen LogP contribution in [-0.4, -0.2) is 17.9 Å². The van der Waals surface area contributed by atoms with Crippen molar-refractivity contribution in [1.29, 1.82) is 0 Å². The molecule has 0 spiro atoms. The van der Waals surface area contributed by atoms with Crippen LogP contribution in [0.2, 0.25) is 5.02 Å². The highest BCUT2D eigenvalue weighted by Gasteiger charge is 2.17. The maximum absolute atomic E-state index is 12.4. The maximum Gasteiger partial charge on any atom is 0.265 e. The number of hydrogen-bond acceptors (Lipinski definition) is 3. The average Bonchev–Trinajstić information content (AvgIpc) is 2.71. The minimum Gasteiger partial charge on any atom is -0.479 e. The second-order valence-electron chi connectivity index (χ2n) is 6.52. The molecule has 2 N–H and O–H groups in total. The fraction of sp³-hybridized carbons (Fsp3) is 0.130. The molecule has 6 heteroatoms. The molecule has 0 unspecified atom stereocenters. The molecule has 29 heavy (non-hydrogen) atoms. The first kappa shape index (κ1) is 20.4. The van der Waals surface area contributed by atoms with E-state index in [1.54, 1.807) is 37.3 Å². The third-order valence-electron chi connectivity index (χ3n) is 4.18. The van der Waals surface area contributed by atoms with Crippen molar-refractivity contribution in [3.05, 3.63) is 77.8 Å². The highest BCUT2D eigenvalue weighted by atomic mass is 35.5. The molecule has 0 heterocycles. The molecule has 0 aliphatic carbocycles. The lowest BCUT2D eigenvalue weighted by Crippen LogP contribution is -2.30. The molecule has 148 valence electrons. The summed E-state index contributed by atoms with van der Waals surface area (Å²) < 4.78 is 5.75. The molecule has 0 bridgehead atoms. The van der Waals surface area contributed by atoms with Crippen molar-refractivity contribution in [2.24, 2.45) is 0 Å². The molecule has 0 fully saturated rings. The first-order valence-electron chi connectivity index (χ1n) is 9.12. The van der Waals surface area contributed by atoms with Crippen molar-refractivity contribution >= 4 is 34.8 Å². The average molecular weight is 409 g/mol. The van der Waals surface area contributed by atoms with E-state index >= 15 is 0 Å². The summed E-state index contributed by atoms with van der Waals surface area (Å²) in [5.41, 5.74) is 3.28. The van der Waals surface area contributed by atoms with Crippen LogP contribution in [0.5, 0.6) is 5.75 Å². The van der Waals surface area contributed by atoms with Gasteiger partial charge in [-0.25, -0.2) is 0 Å². The van der Waals surface area contributed by atoms with Gasteiger partial charge in [0.2, 0.25) is 5.91 Å². The van der Waals surface area contributed by atoms with Crippen LogP contribution in [0.3, 0.4) is 0 Å². The van der Waals surface area contributed by atoms with E-state index in [2.05, 4.69) is 10.6 Å². The van der Waals surface area contributed by atoms with Crippen molar-refractivity contribution in [1.82, 2.24) is 0 Å². The van der Waals surface area contributed by atoms with E-state index in [4.69, 9.17) is 16.3 Å². The molecule has 5 nitrogen and oxygen atoms in total. The lowest BCUT2D eigenvalue weighted by molar-refractivity contribution is -0.122. The quantitative estimate of drug-likeness (QED) is 0.576. The van der Waals surface area contributed by atoms with Gasteiger partial charge in [-0.05, 0) is 54.4 Å². The minimum absolute atomic E-state index is 0.154. The van der Waals surface area contributed by atoms with Crippen LogP contribution in [0.25, 0.3) is 11.1 Å². The summed E-state index contributed by atoms with van der Waals surface area (Å²) in [6.45, 7) is 3.09. The number of anilines is 2. The monoisotopic (exact) mass is 408 g/mol. The van der Waals surface area contributed by atoms with E-state index < -0.39 is 6.10 Å². The minimum atomic E-state index is -0.745. The molecule has 3 rings (SSSR count). The molecule has 0 radical (unpaired) electrons. The Morgan fingerprint density at radius 2 is 1.48 bits per heavy atom. The van der Waals surface area contributed by atoms with Crippen LogP contribution in [0, 0.1) is 0 Å². The second kappa shape index (κ2) is 9.26. The van der Waals surface area contributed by atoms with Gasteiger partial charge >= 0.3 is 0 Å². The Morgan fingerprint density at radius 3 is 2.07 bits per heavy atom. The van der Waals surface area contributed by atoms with E-state index in [0.717, 1.165) is 11.1 Å². The van der Waals surface area contributed by atoms with Crippen LogP contribution in [0.1, 0.15) is 13.8 Å². The van der Waals surface area contributed by atoms with Gasteiger partial charge in [0, 0.05) is 18.3 Å². The Bertz CT molecular complexity index is 1000. The Morgan fingerprint density at radius 1 is 0.862 bits per heavy atom. The zero-order valence-corrected chi connectivity index (χ0v) is 16.9. The third kappa shape index (κ3) is 5.59. The van der Waals surface area contributed by atoms with Gasteiger partial charge in [-0.2, -0.15) is 0 Å². The number of carbonyl (C=O) groups excluding carboxylic acids is 2. The smallest absolute Gasteiger partial charge is 0.265 e. The molecule has 0 aliphatic heterocycles. The van der Waals surface area contributed by atoms with Gasteiger partial charge in [0.25, 0.3) is 5.91 Å². The van der Waals surface area contributed by atoms with Crippen LogP contribution in [-0.2, 0) is 9.59 Å². The van der Waals surface area contributed by atoms with E-state index in [9.17, 15) is 9.59 Å². The van der Waals surface area contributed by atoms with E-state index in [1.807, 2.05) is 42.5 Å². The lowest BCUT2D eigenvalue weighted by atomic mass is 10.1. The van der Waals surface area contributed by atoms with Crippen LogP contribution >= 0.6 is 11.6 Å². The molecular weight excluding hydrogens is 388 g/mol. The Balaban J connectivity index is 1.62. The van der Waals surface area contributed by atoms with E-state index in [-0.39, 0.29) is 11.8 Å². The number of ether oxygens (including phenoxy) is 1. The summed E-state index contributed by atoms with van der Waals surface area (Å²) in [6.07, 6.45) is -0.745. The number of hydrogen-bond donors (Lipinski definition) is 2. The van der Waals surface area contributed by atoms with Gasteiger partial charge in [0.05, 0.1) is 5.02 Å². The van der Waals surface area contributed by atoms with E-state index in [0.29, 0.717) is 22.1 Å². The molecule has 1 atom stereocenters. The molecule has 2 amide bonds. The van der Waals surface area contributed by atoms with Crippen molar-refractivity contribution < 1.29 is 14.3 Å². The molecule has 0 saturated heterocycles. The number of halogens is 1. The number of rotatable bonds is 6. The predicted octanol–water partition coefficient (Wildman–Crippen LogP) is 5.37.